The van der Waals surface area contributed by atoms with Crippen molar-refractivity contribution in [2.24, 2.45) is 0 Å². The first kappa shape index (κ1) is 19.7. The number of rotatable bonds is 8. The smallest absolute Gasteiger partial charge is 0.230 e. The minimum atomic E-state index is -0.269. The van der Waals surface area contributed by atoms with Crippen molar-refractivity contribution < 1.29 is 13.9 Å². The average Bonchev–Trinajstić information content (AvgIpc) is 3.22. The van der Waals surface area contributed by atoms with Crippen LogP contribution in [0.15, 0.2) is 53.4 Å². The van der Waals surface area contributed by atoms with Gasteiger partial charge in [-0.1, -0.05) is 18.2 Å². The number of nitrogens with one attached hydrogen (secondary N) is 1. The summed E-state index contributed by atoms with van der Waals surface area (Å²) in [6.45, 7) is 2.61. The Bertz CT molecular complexity index is 748. The number of hydrogen-bond acceptors (Lipinski definition) is 4. The van der Waals surface area contributed by atoms with Crippen LogP contribution in [0, 0.1) is 5.82 Å². The minimum absolute atomic E-state index is 0.0246. The van der Waals surface area contributed by atoms with E-state index >= 15 is 0 Å². The predicted molar refractivity (Wildman–Crippen MR) is 107 cm³/mol. The van der Waals surface area contributed by atoms with Gasteiger partial charge in [-0.05, 0) is 56.3 Å². The van der Waals surface area contributed by atoms with Crippen molar-refractivity contribution in [3.05, 3.63) is 59.9 Å². The summed E-state index contributed by atoms with van der Waals surface area (Å²) in [5.41, 5.74) is 1.10. The van der Waals surface area contributed by atoms with Crippen molar-refractivity contribution in [2.75, 3.05) is 32.5 Å². The number of amides is 1. The van der Waals surface area contributed by atoms with E-state index in [1.54, 1.807) is 19.2 Å². The normalized spacial score (nSPS) is 15.5. The SMILES string of the molecule is COc1ccccc1C(CNC(=O)CSc1ccc(F)cc1)N1CCCC1. The number of ether oxygens (including phenoxy) is 1. The maximum atomic E-state index is 13.0. The van der Waals surface area contributed by atoms with E-state index in [0.29, 0.717) is 12.3 Å². The molecule has 2 aromatic rings. The fourth-order valence-electron chi connectivity index (χ4n) is 3.37. The second-order valence-corrected chi connectivity index (χ2v) is 7.60. The van der Waals surface area contributed by atoms with Gasteiger partial charge in [-0.15, -0.1) is 11.8 Å². The number of halogens is 1. The van der Waals surface area contributed by atoms with Gasteiger partial charge in [0, 0.05) is 17.0 Å². The molecule has 1 N–H and O–H groups in total. The Morgan fingerprint density at radius 3 is 2.59 bits per heavy atom. The Hall–Kier alpha value is -2.05. The molecule has 0 aromatic heterocycles. The van der Waals surface area contributed by atoms with Crippen molar-refractivity contribution in [2.45, 2.75) is 23.8 Å². The van der Waals surface area contributed by atoms with Crippen LogP contribution in [0.3, 0.4) is 0 Å². The van der Waals surface area contributed by atoms with E-state index in [-0.39, 0.29) is 17.8 Å². The van der Waals surface area contributed by atoms with Crippen molar-refractivity contribution in [1.82, 2.24) is 10.2 Å². The standard InChI is InChI=1S/C21H25FN2O2S/c1-26-20-7-3-2-6-18(20)19(24-12-4-5-13-24)14-23-21(25)15-27-17-10-8-16(22)9-11-17/h2-3,6-11,19H,4-5,12-15H2,1H3,(H,23,25). The van der Waals surface area contributed by atoms with E-state index in [1.807, 2.05) is 18.2 Å². The summed E-state index contributed by atoms with van der Waals surface area (Å²) in [5.74, 6) is 0.867. The molecule has 1 unspecified atom stereocenters. The molecule has 1 heterocycles. The quantitative estimate of drug-likeness (QED) is 0.697. The van der Waals surface area contributed by atoms with Gasteiger partial charge in [-0.25, -0.2) is 4.39 Å². The van der Waals surface area contributed by atoms with Gasteiger partial charge in [0.1, 0.15) is 11.6 Å². The Morgan fingerprint density at radius 1 is 1.19 bits per heavy atom. The topological polar surface area (TPSA) is 41.6 Å². The third-order valence-corrected chi connectivity index (χ3v) is 5.77. The molecular weight excluding hydrogens is 363 g/mol. The second kappa shape index (κ2) is 9.76. The fourth-order valence-corrected chi connectivity index (χ4v) is 4.10. The molecule has 1 fully saturated rings. The number of methoxy groups -OCH3 is 1. The largest absolute Gasteiger partial charge is 0.496 e. The van der Waals surface area contributed by atoms with Gasteiger partial charge in [0.2, 0.25) is 5.91 Å². The number of hydrogen-bond donors (Lipinski definition) is 1. The van der Waals surface area contributed by atoms with Crippen LogP contribution in [-0.4, -0.2) is 43.3 Å². The van der Waals surface area contributed by atoms with Gasteiger partial charge in [-0.3, -0.25) is 9.69 Å². The maximum absolute atomic E-state index is 13.0. The van der Waals surface area contributed by atoms with E-state index < -0.39 is 0 Å². The molecule has 2 aromatic carbocycles. The third kappa shape index (κ3) is 5.47. The van der Waals surface area contributed by atoms with E-state index in [2.05, 4.69) is 16.3 Å². The number of nitrogens with zero attached hydrogens (tertiary/aromatic N) is 1. The highest BCUT2D eigenvalue weighted by Crippen LogP contribution is 2.31. The molecule has 1 atom stereocenters. The zero-order chi connectivity index (χ0) is 19.1. The number of para-hydroxylation sites is 1. The van der Waals surface area contributed by atoms with Crippen molar-refractivity contribution in [1.29, 1.82) is 0 Å². The van der Waals surface area contributed by atoms with Crippen LogP contribution in [0.5, 0.6) is 5.75 Å². The highest BCUT2D eigenvalue weighted by molar-refractivity contribution is 8.00. The summed E-state index contributed by atoms with van der Waals surface area (Å²) in [5, 5.41) is 3.06. The van der Waals surface area contributed by atoms with E-state index in [4.69, 9.17) is 4.74 Å². The number of likely N-dealkylation sites (tertiary alicyclic amines) is 1. The molecule has 0 radical (unpaired) electrons. The van der Waals surface area contributed by atoms with Gasteiger partial charge in [0.25, 0.3) is 0 Å². The first-order chi connectivity index (χ1) is 13.2. The molecule has 3 rings (SSSR count). The molecular formula is C21H25FN2O2S. The first-order valence-corrected chi connectivity index (χ1v) is 10.2. The molecule has 144 valence electrons. The highest BCUT2D eigenvalue weighted by atomic mass is 32.2. The van der Waals surface area contributed by atoms with Gasteiger partial charge >= 0.3 is 0 Å². The Balaban J connectivity index is 1.60. The molecule has 1 amide bonds. The lowest BCUT2D eigenvalue weighted by Crippen LogP contribution is -2.37. The van der Waals surface area contributed by atoms with Crippen molar-refractivity contribution >= 4 is 17.7 Å². The summed E-state index contributed by atoms with van der Waals surface area (Å²) < 4.78 is 18.5. The molecule has 1 aliphatic heterocycles. The van der Waals surface area contributed by atoms with Crippen molar-refractivity contribution in [3.63, 3.8) is 0 Å². The van der Waals surface area contributed by atoms with Crippen LogP contribution in [0.1, 0.15) is 24.4 Å². The monoisotopic (exact) mass is 388 g/mol. The zero-order valence-electron chi connectivity index (χ0n) is 15.5. The summed E-state index contributed by atoms with van der Waals surface area (Å²) in [6.07, 6.45) is 2.36. The van der Waals surface area contributed by atoms with Crippen LogP contribution in [-0.2, 0) is 4.79 Å². The lowest BCUT2D eigenvalue weighted by Gasteiger charge is -2.29. The van der Waals surface area contributed by atoms with Crippen LogP contribution in [0.2, 0.25) is 0 Å². The summed E-state index contributed by atoms with van der Waals surface area (Å²) in [4.78, 5) is 15.6. The number of benzene rings is 2. The molecule has 1 aliphatic rings. The average molecular weight is 389 g/mol. The highest BCUT2D eigenvalue weighted by Gasteiger charge is 2.26. The molecule has 1 saturated heterocycles. The predicted octanol–water partition coefficient (Wildman–Crippen LogP) is 3.88. The van der Waals surface area contributed by atoms with E-state index in [1.165, 1.54) is 36.7 Å². The Labute approximate surface area is 164 Å². The molecule has 6 heteroatoms. The molecule has 0 bridgehead atoms. The number of thioether (sulfide) groups is 1. The molecule has 0 spiro atoms. The fraction of sp³-hybridized carbons (Fsp3) is 0.381. The third-order valence-electron chi connectivity index (χ3n) is 4.76. The number of carbonyl (C=O) groups excluding carboxylic acids is 1. The minimum Gasteiger partial charge on any atom is -0.496 e. The number of carbonyl (C=O) groups is 1. The van der Waals surface area contributed by atoms with Crippen LogP contribution in [0.25, 0.3) is 0 Å². The molecule has 27 heavy (non-hydrogen) atoms. The molecule has 4 nitrogen and oxygen atoms in total. The summed E-state index contributed by atoms with van der Waals surface area (Å²) in [6, 6.07) is 14.3. The lowest BCUT2D eigenvalue weighted by atomic mass is 10.0. The first-order valence-electron chi connectivity index (χ1n) is 9.19. The Kier molecular flexibility index (Phi) is 7.12. The van der Waals surface area contributed by atoms with Gasteiger partial charge < -0.3 is 10.1 Å². The molecule has 0 aliphatic carbocycles. The maximum Gasteiger partial charge on any atom is 0.230 e. The lowest BCUT2D eigenvalue weighted by molar-refractivity contribution is -0.118. The van der Waals surface area contributed by atoms with Crippen molar-refractivity contribution in [3.8, 4) is 5.75 Å². The van der Waals surface area contributed by atoms with E-state index in [0.717, 1.165) is 29.3 Å². The van der Waals surface area contributed by atoms with Crippen LogP contribution < -0.4 is 10.1 Å². The zero-order valence-corrected chi connectivity index (χ0v) is 16.3. The molecule has 0 saturated carbocycles. The van der Waals surface area contributed by atoms with Gasteiger partial charge in [0.15, 0.2) is 0 Å². The Morgan fingerprint density at radius 2 is 1.89 bits per heavy atom. The van der Waals surface area contributed by atoms with Gasteiger partial charge in [0.05, 0.1) is 18.9 Å². The summed E-state index contributed by atoms with van der Waals surface area (Å²) >= 11 is 1.41. The van der Waals surface area contributed by atoms with Crippen LogP contribution >= 0.6 is 11.8 Å². The second-order valence-electron chi connectivity index (χ2n) is 6.55. The van der Waals surface area contributed by atoms with Crippen LogP contribution in [0.4, 0.5) is 4.39 Å². The summed E-state index contributed by atoms with van der Waals surface area (Å²) in [7, 11) is 1.68. The van der Waals surface area contributed by atoms with E-state index in [9.17, 15) is 9.18 Å². The van der Waals surface area contributed by atoms with Gasteiger partial charge in [-0.2, -0.15) is 0 Å².